The maximum Gasteiger partial charge on any atom is 0.193 e. The second-order valence-electron chi connectivity index (χ2n) is 1.89. The van der Waals surface area contributed by atoms with Crippen molar-refractivity contribution in [3.63, 3.8) is 0 Å². The van der Waals surface area contributed by atoms with E-state index in [9.17, 15) is 4.79 Å². The van der Waals surface area contributed by atoms with Gasteiger partial charge in [-0.15, -0.1) is 0 Å². The zero-order chi connectivity index (χ0) is 8.97. The maximum atomic E-state index is 9.89. The Morgan fingerprint density at radius 1 is 1.33 bits per heavy atom. The summed E-state index contributed by atoms with van der Waals surface area (Å²) in [6, 6.07) is 3.06. The number of halogens is 2. The van der Waals surface area contributed by atoms with Gasteiger partial charge in [-0.2, -0.15) is 0 Å². The lowest BCUT2D eigenvalue weighted by atomic mass is 10.3. The van der Waals surface area contributed by atoms with Crippen molar-refractivity contribution in [1.82, 2.24) is 4.98 Å². The first-order valence-electron chi connectivity index (χ1n) is 3.00. The molecule has 1 rings (SSSR count). The molecular formula is C8H3Cl2NO. The molecule has 0 aliphatic rings. The highest BCUT2D eigenvalue weighted by Gasteiger charge is 1.95. The Bertz CT molecular complexity index is 345. The van der Waals surface area contributed by atoms with Gasteiger partial charge in [0, 0.05) is 5.56 Å². The van der Waals surface area contributed by atoms with Gasteiger partial charge in [-0.1, -0.05) is 29.1 Å². The van der Waals surface area contributed by atoms with Crippen LogP contribution in [0.2, 0.25) is 10.3 Å². The van der Waals surface area contributed by atoms with Crippen LogP contribution in [0.1, 0.15) is 5.56 Å². The third-order valence-corrected chi connectivity index (χ3v) is 1.43. The topological polar surface area (TPSA) is 30.0 Å². The smallest absolute Gasteiger partial charge is 0.193 e. The van der Waals surface area contributed by atoms with Gasteiger partial charge < -0.3 is 0 Å². The van der Waals surface area contributed by atoms with Crippen molar-refractivity contribution < 1.29 is 4.79 Å². The molecule has 0 fully saturated rings. The van der Waals surface area contributed by atoms with Crippen LogP contribution in [0.15, 0.2) is 12.1 Å². The van der Waals surface area contributed by atoms with Crippen molar-refractivity contribution in [3.05, 3.63) is 28.0 Å². The number of hydrogen-bond donors (Lipinski definition) is 0. The summed E-state index contributed by atoms with van der Waals surface area (Å²) in [4.78, 5) is 13.6. The molecule has 0 aromatic carbocycles. The molecule has 1 heterocycles. The molecule has 0 N–H and O–H groups in total. The molecule has 1 aromatic rings. The SMILES string of the molecule is O=CC#Cc1cc(Cl)nc(Cl)c1. The maximum absolute atomic E-state index is 9.89. The summed E-state index contributed by atoms with van der Waals surface area (Å²) in [5.41, 5.74) is 0.576. The Morgan fingerprint density at radius 2 is 1.92 bits per heavy atom. The molecule has 0 saturated heterocycles. The van der Waals surface area contributed by atoms with Gasteiger partial charge >= 0.3 is 0 Å². The fourth-order valence-electron chi connectivity index (χ4n) is 0.650. The molecule has 0 aliphatic heterocycles. The molecule has 0 spiro atoms. The lowest BCUT2D eigenvalue weighted by Crippen LogP contribution is -1.80. The minimum absolute atomic E-state index is 0.262. The van der Waals surface area contributed by atoms with Crippen molar-refractivity contribution in [1.29, 1.82) is 0 Å². The van der Waals surface area contributed by atoms with Crippen LogP contribution in [0.5, 0.6) is 0 Å². The second kappa shape index (κ2) is 4.10. The van der Waals surface area contributed by atoms with E-state index in [-0.39, 0.29) is 10.3 Å². The standard InChI is InChI=1S/C8H3Cl2NO/c9-7-4-6(2-1-3-12)5-8(10)11-7/h3-5H. The summed E-state index contributed by atoms with van der Waals surface area (Å²) >= 11 is 11.2. The average molecular weight is 200 g/mol. The highest BCUT2D eigenvalue weighted by molar-refractivity contribution is 6.32. The lowest BCUT2D eigenvalue weighted by Gasteiger charge is -1.92. The highest BCUT2D eigenvalue weighted by atomic mass is 35.5. The second-order valence-corrected chi connectivity index (χ2v) is 2.66. The molecule has 4 heteroatoms. The number of carbonyl (C=O) groups is 1. The Balaban J connectivity index is 3.08. The highest BCUT2D eigenvalue weighted by Crippen LogP contribution is 2.13. The predicted octanol–water partition coefficient (Wildman–Crippen LogP) is 1.94. The van der Waals surface area contributed by atoms with E-state index in [0.29, 0.717) is 11.8 Å². The number of rotatable bonds is 0. The third kappa shape index (κ3) is 2.54. The minimum atomic E-state index is 0.262. The number of hydrogen-bond acceptors (Lipinski definition) is 2. The lowest BCUT2D eigenvalue weighted by molar-refractivity contribution is -0.103. The average Bonchev–Trinajstić information content (AvgIpc) is 1.99. The van der Waals surface area contributed by atoms with E-state index in [2.05, 4.69) is 16.8 Å². The van der Waals surface area contributed by atoms with E-state index in [4.69, 9.17) is 23.2 Å². The molecular weight excluding hydrogens is 197 g/mol. The summed E-state index contributed by atoms with van der Waals surface area (Å²) in [5, 5.41) is 0.524. The molecule has 0 unspecified atom stereocenters. The van der Waals surface area contributed by atoms with Gasteiger partial charge in [-0.25, -0.2) is 4.98 Å². The summed E-state index contributed by atoms with van der Waals surface area (Å²) in [6.45, 7) is 0. The van der Waals surface area contributed by atoms with Crippen molar-refractivity contribution in [2.75, 3.05) is 0 Å². The number of pyridine rings is 1. The molecule has 0 aliphatic carbocycles. The molecule has 2 nitrogen and oxygen atoms in total. The van der Waals surface area contributed by atoms with Crippen LogP contribution in [0.4, 0.5) is 0 Å². The molecule has 0 saturated carbocycles. The number of carbonyl (C=O) groups excluding carboxylic acids is 1. The van der Waals surface area contributed by atoms with E-state index in [1.54, 1.807) is 0 Å². The number of aldehydes is 1. The van der Waals surface area contributed by atoms with Crippen LogP contribution >= 0.6 is 23.2 Å². The van der Waals surface area contributed by atoms with Crippen LogP contribution in [0, 0.1) is 11.8 Å². The van der Waals surface area contributed by atoms with Gasteiger partial charge in [-0.3, -0.25) is 4.79 Å². The summed E-state index contributed by atoms with van der Waals surface area (Å²) in [5.74, 6) is 4.79. The molecule has 12 heavy (non-hydrogen) atoms. The van der Waals surface area contributed by atoms with Crippen LogP contribution < -0.4 is 0 Å². The van der Waals surface area contributed by atoms with Crippen LogP contribution in [-0.4, -0.2) is 11.3 Å². The summed E-state index contributed by atoms with van der Waals surface area (Å²) in [6.07, 6.45) is 0.502. The summed E-state index contributed by atoms with van der Waals surface area (Å²) in [7, 11) is 0. The van der Waals surface area contributed by atoms with Crippen LogP contribution in [0.25, 0.3) is 0 Å². The molecule has 0 bridgehead atoms. The number of aromatic nitrogens is 1. The quantitative estimate of drug-likeness (QED) is 0.364. The molecule has 0 radical (unpaired) electrons. The first-order chi connectivity index (χ1) is 5.72. The van der Waals surface area contributed by atoms with E-state index >= 15 is 0 Å². The van der Waals surface area contributed by atoms with Gasteiger partial charge in [-0.05, 0) is 18.1 Å². The van der Waals surface area contributed by atoms with Crippen LogP contribution in [0.3, 0.4) is 0 Å². The Morgan fingerprint density at radius 3 is 2.42 bits per heavy atom. The normalized spacial score (nSPS) is 8.50. The van der Waals surface area contributed by atoms with E-state index in [1.807, 2.05) is 0 Å². The van der Waals surface area contributed by atoms with Crippen molar-refractivity contribution in [2.45, 2.75) is 0 Å². The third-order valence-electron chi connectivity index (χ3n) is 1.04. The zero-order valence-corrected chi connectivity index (χ0v) is 7.36. The zero-order valence-electron chi connectivity index (χ0n) is 5.84. The van der Waals surface area contributed by atoms with Gasteiger partial charge in [0.25, 0.3) is 0 Å². The van der Waals surface area contributed by atoms with Crippen molar-refractivity contribution in [3.8, 4) is 11.8 Å². The van der Waals surface area contributed by atoms with Gasteiger partial charge in [0.2, 0.25) is 0 Å². The molecule has 1 aromatic heterocycles. The Labute approximate surface area is 79.5 Å². The first kappa shape index (κ1) is 9.05. The molecule has 0 atom stereocenters. The van der Waals surface area contributed by atoms with Gasteiger partial charge in [0.1, 0.15) is 10.3 Å². The number of nitrogens with zero attached hydrogens (tertiary/aromatic N) is 1. The van der Waals surface area contributed by atoms with Gasteiger partial charge in [0.15, 0.2) is 6.29 Å². The van der Waals surface area contributed by atoms with E-state index in [0.717, 1.165) is 0 Å². The van der Waals surface area contributed by atoms with Crippen LogP contribution in [-0.2, 0) is 4.79 Å². The fourth-order valence-corrected chi connectivity index (χ4v) is 1.11. The minimum Gasteiger partial charge on any atom is -0.289 e. The van der Waals surface area contributed by atoms with Crippen molar-refractivity contribution >= 4 is 29.5 Å². The molecule has 60 valence electrons. The Hall–Kier alpha value is -1.04. The largest absolute Gasteiger partial charge is 0.289 e. The Kier molecular flexibility index (Phi) is 3.09. The monoisotopic (exact) mass is 199 g/mol. The fraction of sp³-hybridized carbons (Fsp3) is 0. The van der Waals surface area contributed by atoms with E-state index < -0.39 is 0 Å². The summed E-state index contributed by atoms with van der Waals surface area (Å²) < 4.78 is 0. The van der Waals surface area contributed by atoms with E-state index in [1.165, 1.54) is 12.1 Å². The predicted molar refractivity (Wildman–Crippen MR) is 47.2 cm³/mol. The first-order valence-corrected chi connectivity index (χ1v) is 3.76. The van der Waals surface area contributed by atoms with Crippen molar-refractivity contribution in [2.24, 2.45) is 0 Å². The molecule has 0 amide bonds. The van der Waals surface area contributed by atoms with Gasteiger partial charge in [0.05, 0.1) is 0 Å².